The molecule has 0 unspecified atom stereocenters. The highest BCUT2D eigenvalue weighted by Gasteiger charge is 2.25. The molecule has 1 aliphatic heterocycles. The summed E-state index contributed by atoms with van der Waals surface area (Å²) >= 11 is 0. The largest absolute Gasteiger partial charge is 0.456 e. The minimum Gasteiger partial charge on any atom is -0.456 e. The van der Waals surface area contributed by atoms with Crippen molar-refractivity contribution in [1.29, 1.82) is 0 Å². The zero-order valence-corrected chi connectivity index (χ0v) is 14.4. The summed E-state index contributed by atoms with van der Waals surface area (Å²) in [6.45, 7) is 2.57. The molecule has 25 heavy (non-hydrogen) atoms. The summed E-state index contributed by atoms with van der Waals surface area (Å²) in [5.74, 6) is -0.970. The molecule has 0 radical (unpaired) electrons. The summed E-state index contributed by atoms with van der Waals surface area (Å²) < 4.78 is 7.24. The summed E-state index contributed by atoms with van der Waals surface area (Å²) in [6.07, 6.45) is 3.24. The van der Waals surface area contributed by atoms with Gasteiger partial charge >= 0.3 is 5.97 Å². The van der Waals surface area contributed by atoms with E-state index >= 15 is 0 Å². The standard InChI is InChI=1S/C19H23N3O3/c1-21-12-15(18(20)23)10-17(21)19(24)25-16-8-5-9-22(13-16)11-14-6-3-2-4-7-14/h2-4,6-7,10,12,16H,5,8-9,11,13H2,1H3,(H2,20,23)/t16-/m1/s1. The molecular formula is C19H23N3O3. The Morgan fingerprint density at radius 1 is 1.28 bits per heavy atom. The van der Waals surface area contributed by atoms with Crippen LogP contribution in [0.25, 0.3) is 0 Å². The van der Waals surface area contributed by atoms with Crippen LogP contribution in [0.2, 0.25) is 0 Å². The van der Waals surface area contributed by atoms with Crippen molar-refractivity contribution in [2.75, 3.05) is 13.1 Å². The number of aromatic nitrogens is 1. The van der Waals surface area contributed by atoms with Gasteiger partial charge in [-0.3, -0.25) is 9.69 Å². The number of carbonyl (C=O) groups is 2. The first-order chi connectivity index (χ1) is 12.0. The number of piperidine rings is 1. The lowest BCUT2D eigenvalue weighted by atomic mass is 10.1. The van der Waals surface area contributed by atoms with Gasteiger partial charge in [0.25, 0.3) is 0 Å². The number of benzene rings is 1. The fourth-order valence-corrected chi connectivity index (χ4v) is 3.21. The molecule has 0 aliphatic carbocycles. The van der Waals surface area contributed by atoms with Gasteiger partial charge in [-0.25, -0.2) is 4.79 Å². The number of amides is 1. The fraction of sp³-hybridized carbons (Fsp3) is 0.368. The smallest absolute Gasteiger partial charge is 0.355 e. The number of esters is 1. The van der Waals surface area contributed by atoms with Crippen LogP contribution in [0, 0.1) is 0 Å². The second-order valence-corrected chi connectivity index (χ2v) is 6.48. The molecule has 1 aromatic heterocycles. The van der Waals surface area contributed by atoms with Crippen molar-refractivity contribution in [1.82, 2.24) is 9.47 Å². The summed E-state index contributed by atoms with van der Waals surface area (Å²) in [6, 6.07) is 11.8. The van der Waals surface area contributed by atoms with Gasteiger partial charge in [-0.2, -0.15) is 0 Å². The molecule has 6 heteroatoms. The number of hydrogen-bond acceptors (Lipinski definition) is 4. The van der Waals surface area contributed by atoms with Gasteiger partial charge in [0.15, 0.2) is 0 Å². The summed E-state index contributed by atoms with van der Waals surface area (Å²) in [5, 5.41) is 0. The minimum absolute atomic E-state index is 0.142. The summed E-state index contributed by atoms with van der Waals surface area (Å²) in [5.41, 5.74) is 7.16. The quantitative estimate of drug-likeness (QED) is 0.843. The molecule has 2 heterocycles. The van der Waals surface area contributed by atoms with Crippen molar-refractivity contribution >= 4 is 11.9 Å². The highest BCUT2D eigenvalue weighted by Crippen LogP contribution is 2.18. The molecule has 1 saturated heterocycles. The van der Waals surface area contributed by atoms with Crippen molar-refractivity contribution in [3.05, 3.63) is 59.4 Å². The van der Waals surface area contributed by atoms with Gasteiger partial charge in [0, 0.05) is 26.3 Å². The normalized spacial score (nSPS) is 18.0. The van der Waals surface area contributed by atoms with Crippen molar-refractivity contribution in [2.24, 2.45) is 12.8 Å². The molecule has 132 valence electrons. The van der Waals surface area contributed by atoms with E-state index in [-0.39, 0.29) is 6.10 Å². The van der Waals surface area contributed by atoms with Gasteiger partial charge in [0.2, 0.25) is 5.91 Å². The average molecular weight is 341 g/mol. The molecule has 1 amide bonds. The first-order valence-corrected chi connectivity index (χ1v) is 8.46. The second kappa shape index (κ2) is 7.53. The van der Waals surface area contributed by atoms with Gasteiger partial charge in [-0.05, 0) is 31.0 Å². The number of ether oxygens (including phenoxy) is 1. The van der Waals surface area contributed by atoms with E-state index in [0.29, 0.717) is 17.8 Å². The Balaban J connectivity index is 1.60. The first-order valence-electron chi connectivity index (χ1n) is 8.46. The van der Waals surface area contributed by atoms with Crippen LogP contribution in [0.5, 0.6) is 0 Å². The van der Waals surface area contributed by atoms with Gasteiger partial charge < -0.3 is 15.0 Å². The Kier molecular flexibility index (Phi) is 5.19. The maximum atomic E-state index is 12.4. The van der Waals surface area contributed by atoms with E-state index in [1.807, 2.05) is 18.2 Å². The predicted octanol–water partition coefficient (Wildman–Crippen LogP) is 1.95. The van der Waals surface area contributed by atoms with E-state index in [4.69, 9.17) is 10.5 Å². The number of nitrogens with zero attached hydrogens (tertiary/aromatic N) is 2. The van der Waals surface area contributed by atoms with E-state index in [1.54, 1.807) is 17.8 Å². The van der Waals surface area contributed by atoms with Gasteiger partial charge in [-0.15, -0.1) is 0 Å². The molecule has 1 atom stereocenters. The lowest BCUT2D eigenvalue weighted by Gasteiger charge is -2.32. The zero-order valence-electron chi connectivity index (χ0n) is 14.4. The molecule has 0 saturated carbocycles. The minimum atomic E-state index is -0.554. The number of aryl methyl sites for hydroxylation is 1. The van der Waals surface area contributed by atoms with Crippen molar-refractivity contribution in [2.45, 2.75) is 25.5 Å². The fourth-order valence-electron chi connectivity index (χ4n) is 3.21. The topological polar surface area (TPSA) is 77.6 Å². The van der Waals surface area contributed by atoms with E-state index in [2.05, 4.69) is 17.0 Å². The Morgan fingerprint density at radius 3 is 2.72 bits per heavy atom. The molecule has 2 aromatic rings. The number of hydrogen-bond donors (Lipinski definition) is 1. The van der Waals surface area contributed by atoms with Crippen LogP contribution in [-0.4, -0.2) is 40.5 Å². The van der Waals surface area contributed by atoms with Crippen molar-refractivity contribution in [3.63, 3.8) is 0 Å². The van der Waals surface area contributed by atoms with Crippen LogP contribution >= 0.6 is 0 Å². The van der Waals surface area contributed by atoms with Gasteiger partial charge in [-0.1, -0.05) is 30.3 Å². The average Bonchev–Trinajstić information content (AvgIpc) is 2.98. The van der Waals surface area contributed by atoms with E-state index < -0.39 is 11.9 Å². The van der Waals surface area contributed by atoms with Gasteiger partial charge in [0.1, 0.15) is 11.8 Å². The second-order valence-electron chi connectivity index (χ2n) is 6.48. The maximum absolute atomic E-state index is 12.4. The molecular weight excluding hydrogens is 318 g/mol. The number of carbonyl (C=O) groups excluding carboxylic acids is 2. The van der Waals surface area contributed by atoms with Crippen LogP contribution in [0.3, 0.4) is 0 Å². The Bertz CT molecular complexity index is 755. The molecule has 2 N–H and O–H groups in total. The van der Waals surface area contributed by atoms with Gasteiger partial charge in [0.05, 0.1) is 5.56 Å². The third-order valence-electron chi connectivity index (χ3n) is 4.48. The van der Waals surface area contributed by atoms with Crippen molar-refractivity contribution in [3.8, 4) is 0 Å². The Labute approximate surface area is 147 Å². The zero-order chi connectivity index (χ0) is 17.8. The molecule has 6 nitrogen and oxygen atoms in total. The van der Waals surface area contributed by atoms with Crippen LogP contribution in [0.1, 0.15) is 39.3 Å². The third-order valence-corrected chi connectivity index (χ3v) is 4.48. The SMILES string of the molecule is Cn1cc(C(N)=O)cc1C(=O)O[C@@H]1CCCN(Cc2ccccc2)C1. The number of nitrogens with two attached hydrogens (primary N) is 1. The number of likely N-dealkylation sites (tertiary alicyclic amines) is 1. The van der Waals surface area contributed by atoms with Crippen LogP contribution in [-0.2, 0) is 18.3 Å². The lowest BCUT2D eigenvalue weighted by Crippen LogP contribution is -2.40. The first kappa shape index (κ1) is 17.2. The molecule has 0 bridgehead atoms. The molecule has 3 rings (SSSR count). The monoisotopic (exact) mass is 341 g/mol. The summed E-state index contributed by atoms with van der Waals surface area (Å²) in [4.78, 5) is 26.0. The molecule has 1 aliphatic rings. The van der Waals surface area contributed by atoms with Crippen LogP contribution < -0.4 is 5.73 Å². The maximum Gasteiger partial charge on any atom is 0.355 e. The highest BCUT2D eigenvalue weighted by molar-refractivity contribution is 5.96. The predicted molar refractivity (Wildman–Crippen MR) is 94.1 cm³/mol. The molecule has 1 aromatic carbocycles. The number of primary amides is 1. The highest BCUT2D eigenvalue weighted by atomic mass is 16.5. The molecule has 1 fully saturated rings. The van der Waals surface area contributed by atoms with E-state index in [0.717, 1.165) is 25.9 Å². The van der Waals surface area contributed by atoms with Crippen molar-refractivity contribution < 1.29 is 14.3 Å². The van der Waals surface area contributed by atoms with Crippen LogP contribution in [0.15, 0.2) is 42.6 Å². The third kappa shape index (κ3) is 4.28. The lowest BCUT2D eigenvalue weighted by molar-refractivity contribution is 0.00470. The number of rotatable bonds is 5. The van der Waals surface area contributed by atoms with Crippen LogP contribution in [0.4, 0.5) is 0 Å². The Morgan fingerprint density at radius 2 is 2.04 bits per heavy atom. The summed E-state index contributed by atoms with van der Waals surface area (Å²) in [7, 11) is 1.70. The Hall–Kier alpha value is -2.60. The van der Waals surface area contributed by atoms with E-state index in [9.17, 15) is 9.59 Å². The van der Waals surface area contributed by atoms with E-state index in [1.165, 1.54) is 11.6 Å². The molecule has 0 spiro atoms.